The maximum atomic E-state index is 6.17. The molecule has 5 aromatic rings. The van der Waals surface area contributed by atoms with E-state index in [1.807, 2.05) is 102 Å². The Bertz CT molecular complexity index is 1520. The van der Waals surface area contributed by atoms with Crippen LogP contribution in [0, 0.1) is 6.92 Å². The van der Waals surface area contributed by atoms with E-state index in [2.05, 4.69) is 29.0 Å². The highest BCUT2D eigenvalue weighted by Gasteiger charge is 2.25. The van der Waals surface area contributed by atoms with Gasteiger partial charge in [0.2, 0.25) is 5.82 Å². The molecule has 0 fully saturated rings. The molecule has 9 heteroatoms. The summed E-state index contributed by atoms with van der Waals surface area (Å²) in [5.41, 5.74) is 7.14. The Morgan fingerprint density at radius 1 is 0.846 bits per heavy atom. The highest BCUT2D eigenvalue weighted by Crippen LogP contribution is 2.21. The number of benzene rings is 4. The van der Waals surface area contributed by atoms with Gasteiger partial charge in [0.1, 0.15) is 10.7 Å². The third-order valence-corrected chi connectivity index (χ3v) is 7.45. The summed E-state index contributed by atoms with van der Waals surface area (Å²) in [7, 11) is 0. The molecular weight excluding hydrogens is 569 g/mol. The van der Waals surface area contributed by atoms with Gasteiger partial charge >= 0.3 is 5.82 Å². The number of nitrogens with zero attached hydrogens (tertiary/aromatic N) is 4. The number of hydrogen-bond acceptors (Lipinski definition) is 4. The topological polar surface area (TPSA) is 46.1 Å². The Balaban J connectivity index is 0.00000353. The minimum atomic E-state index is 0. The maximum Gasteiger partial charge on any atom is 0.309 e. The molecule has 39 heavy (non-hydrogen) atoms. The first-order valence-corrected chi connectivity index (χ1v) is 13.9. The summed E-state index contributed by atoms with van der Waals surface area (Å²) in [6, 6.07) is 35.7. The fourth-order valence-corrected chi connectivity index (χ4v) is 5.15. The van der Waals surface area contributed by atoms with E-state index >= 15 is 0 Å². The van der Waals surface area contributed by atoms with Crippen molar-refractivity contribution in [1.82, 2.24) is 9.78 Å². The van der Waals surface area contributed by atoms with E-state index < -0.39 is 0 Å². The third-order valence-electron chi connectivity index (χ3n) is 5.96. The predicted octanol–water partition coefficient (Wildman–Crippen LogP) is 4.65. The van der Waals surface area contributed by atoms with Gasteiger partial charge in [-0.1, -0.05) is 76.4 Å². The van der Waals surface area contributed by atoms with E-state index in [0.717, 1.165) is 51.5 Å². The van der Waals surface area contributed by atoms with E-state index in [9.17, 15) is 0 Å². The van der Waals surface area contributed by atoms with Crippen molar-refractivity contribution in [3.05, 3.63) is 131 Å². The van der Waals surface area contributed by atoms with Gasteiger partial charge in [-0.2, -0.15) is 5.10 Å². The number of nitrogens with one attached hydrogen (secondary N) is 1. The molecule has 0 amide bonds. The number of anilines is 1. The van der Waals surface area contributed by atoms with Crippen molar-refractivity contribution < 1.29 is 17.0 Å². The summed E-state index contributed by atoms with van der Waals surface area (Å²) in [6.07, 6.45) is 0. The number of aromatic nitrogens is 3. The molecule has 0 saturated carbocycles. The number of hydrazone groups is 1. The molecule has 0 aliphatic heterocycles. The first kappa shape index (κ1) is 28.7. The third kappa shape index (κ3) is 7.22. The van der Waals surface area contributed by atoms with Crippen molar-refractivity contribution in [2.75, 3.05) is 11.2 Å². The second-order valence-electron chi connectivity index (χ2n) is 8.53. The lowest BCUT2D eigenvalue weighted by Gasteiger charge is -2.09. The van der Waals surface area contributed by atoms with E-state index in [1.54, 1.807) is 11.8 Å². The fraction of sp³-hybridized carbons (Fsp3) is 0.100. The van der Waals surface area contributed by atoms with Crippen LogP contribution in [-0.2, 0) is 6.54 Å². The van der Waals surface area contributed by atoms with Crippen LogP contribution in [-0.4, -0.2) is 20.6 Å². The molecule has 0 saturated heterocycles. The maximum absolute atomic E-state index is 6.17. The van der Waals surface area contributed by atoms with Crippen LogP contribution in [0.4, 0.5) is 5.69 Å². The molecule has 0 atom stereocenters. The van der Waals surface area contributed by atoms with Crippen molar-refractivity contribution in [3.8, 4) is 17.1 Å². The number of thioether (sulfide) groups is 1. The standard InChI is InChI=1S/C30H26Cl2N5S.ClH/c1-22-36(29(23-12-16-25(31)17-13-23)35-37(22)28-10-6-3-7-11-28)20-21-38-30(24-14-18-26(32)19-15-24)34-33-27-8-4-2-5-9-27;/h2-19,33H,20-21H2,1H3;1H/q+1;/p-1/b34-30+;. The van der Waals surface area contributed by atoms with Gasteiger partial charge in [-0.05, 0) is 60.7 Å². The first-order chi connectivity index (χ1) is 18.6. The zero-order valence-corrected chi connectivity index (χ0v) is 24.2. The molecule has 0 radical (unpaired) electrons. The highest BCUT2D eigenvalue weighted by molar-refractivity contribution is 8.14. The van der Waals surface area contributed by atoms with Crippen LogP contribution in [0.3, 0.4) is 0 Å². The van der Waals surface area contributed by atoms with Crippen molar-refractivity contribution >= 4 is 45.7 Å². The molecule has 1 aromatic heterocycles. The Morgan fingerprint density at radius 2 is 1.44 bits per heavy atom. The van der Waals surface area contributed by atoms with E-state index in [1.165, 1.54) is 0 Å². The fourth-order valence-electron chi connectivity index (χ4n) is 4.02. The number of rotatable bonds is 8. The van der Waals surface area contributed by atoms with Crippen LogP contribution >= 0.6 is 35.0 Å². The average molecular weight is 595 g/mol. The summed E-state index contributed by atoms with van der Waals surface area (Å²) < 4.78 is 4.23. The minimum absolute atomic E-state index is 0. The van der Waals surface area contributed by atoms with Gasteiger partial charge in [-0.25, -0.2) is 4.57 Å². The summed E-state index contributed by atoms with van der Waals surface area (Å²) in [4.78, 5) is 0. The van der Waals surface area contributed by atoms with Crippen LogP contribution in [0.25, 0.3) is 17.1 Å². The summed E-state index contributed by atoms with van der Waals surface area (Å²) in [5, 5.41) is 12.0. The molecular formula is C30H26Cl3N5S. The molecule has 0 spiro atoms. The van der Waals surface area contributed by atoms with Gasteiger partial charge in [0, 0.05) is 28.3 Å². The molecule has 1 N–H and O–H groups in total. The lowest BCUT2D eigenvalue weighted by atomic mass is 10.2. The SMILES string of the molecule is Cc1n(-c2ccccc2)nc(-c2ccc(Cl)cc2)[n+]1CCS/C(=N/Nc1ccccc1)c1ccc(Cl)cc1.[Cl-]. The lowest BCUT2D eigenvalue weighted by molar-refractivity contribution is -0.688. The van der Waals surface area contributed by atoms with Crippen molar-refractivity contribution in [1.29, 1.82) is 0 Å². The largest absolute Gasteiger partial charge is 1.00 e. The van der Waals surface area contributed by atoms with Crippen LogP contribution in [0.2, 0.25) is 10.0 Å². The van der Waals surface area contributed by atoms with Gasteiger partial charge < -0.3 is 12.4 Å². The summed E-state index contributed by atoms with van der Waals surface area (Å²) in [5.74, 6) is 2.70. The van der Waals surface area contributed by atoms with Crippen molar-refractivity contribution in [3.63, 3.8) is 0 Å². The molecule has 5 rings (SSSR count). The molecule has 0 unspecified atom stereocenters. The smallest absolute Gasteiger partial charge is 0.309 e. The lowest BCUT2D eigenvalue weighted by Crippen LogP contribution is -3.00. The average Bonchev–Trinajstić information content (AvgIpc) is 3.28. The summed E-state index contributed by atoms with van der Waals surface area (Å²) >= 11 is 14.0. The van der Waals surface area contributed by atoms with Gasteiger partial charge in [0.05, 0.1) is 22.9 Å². The van der Waals surface area contributed by atoms with Gasteiger partial charge in [-0.15, -0.1) is 11.8 Å². The Hall–Kier alpha value is -3.29. The van der Waals surface area contributed by atoms with Crippen LogP contribution in [0.15, 0.2) is 114 Å². The van der Waals surface area contributed by atoms with Gasteiger partial charge in [0.15, 0.2) is 0 Å². The van der Waals surface area contributed by atoms with E-state index in [0.29, 0.717) is 10.0 Å². The zero-order valence-electron chi connectivity index (χ0n) is 21.1. The summed E-state index contributed by atoms with van der Waals surface area (Å²) in [6.45, 7) is 2.83. The van der Waals surface area contributed by atoms with Crippen molar-refractivity contribution in [2.45, 2.75) is 13.5 Å². The second-order valence-corrected chi connectivity index (χ2v) is 10.5. The minimum Gasteiger partial charge on any atom is -1.00 e. The van der Waals surface area contributed by atoms with Crippen LogP contribution in [0.5, 0.6) is 0 Å². The molecule has 0 aliphatic rings. The van der Waals surface area contributed by atoms with Gasteiger partial charge in [0.25, 0.3) is 0 Å². The molecule has 198 valence electrons. The highest BCUT2D eigenvalue weighted by atomic mass is 35.5. The normalized spacial score (nSPS) is 11.2. The van der Waals surface area contributed by atoms with E-state index in [4.69, 9.17) is 33.4 Å². The molecule has 1 heterocycles. The Morgan fingerprint density at radius 3 is 2.08 bits per heavy atom. The number of para-hydroxylation sites is 2. The number of halogens is 3. The Kier molecular flexibility index (Phi) is 10.1. The Labute approximate surface area is 248 Å². The predicted molar refractivity (Wildman–Crippen MR) is 159 cm³/mol. The zero-order chi connectivity index (χ0) is 26.3. The molecule has 0 bridgehead atoms. The monoisotopic (exact) mass is 593 g/mol. The molecule has 5 nitrogen and oxygen atoms in total. The van der Waals surface area contributed by atoms with E-state index in [-0.39, 0.29) is 12.4 Å². The van der Waals surface area contributed by atoms with Crippen LogP contribution < -0.4 is 22.4 Å². The van der Waals surface area contributed by atoms with Gasteiger partial charge in [-0.3, -0.25) is 5.43 Å². The quantitative estimate of drug-likeness (QED) is 0.123. The van der Waals surface area contributed by atoms with Crippen molar-refractivity contribution in [2.24, 2.45) is 5.10 Å². The molecule has 0 aliphatic carbocycles. The molecule has 4 aromatic carbocycles. The second kappa shape index (κ2) is 13.7. The number of hydrogen-bond donors (Lipinski definition) is 1. The van der Waals surface area contributed by atoms with Crippen LogP contribution in [0.1, 0.15) is 11.4 Å². The first-order valence-electron chi connectivity index (χ1n) is 12.2.